The van der Waals surface area contributed by atoms with Gasteiger partial charge in [0.15, 0.2) is 0 Å². The normalized spacial score (nSPS) is 12.0. The van der Waals surface area contributed by atoms with Crippen LogP contribution < -0.4 is 0 Å². The highest BCUT2D eigenvalue weighted by molar-refractivity contribution is 7.26. The third-order valence-electron chi connectivity index (χ3n) is 7.14. The van der Waals surface area contributed by atoms with Gasteiger partial charge in [0, 0.05) is 43.5 Å². The predicted octanol–water partition coefficient (Wildman–Crippen LogP) is 9.10. The molecule has 0 saturated carbocycles. The lowest BCUT2D eigenvalue weighted by Crippen LogP contribution is -1.98. The van der Waals surface area contributed by atoms with Crippen LogP contribution in [0.2, 0.25) is 0 Å². The Labute approximate surface area is 205 Å². The maximum Gasteiger partial charge on any atom is 0.0788 e. The summed E-state index contributed by atoms with van der Waals surface area (Å²) in [6.45, 7) is 0. The molecule has 0 radical (unpaired) electrons. The summed E-state index contributed by atoms with van der Waals surface area (Å²) in [5.41, 5.74) is 6.14. The second-order valence-corrected chi connectivity index (χ2v) is 10.1. The van der Waals surface area contributed by atoms with E-state index in [0.717, 1.165) is 0 Å². The molecule has 5 aromatic carbocycles. The van der Waals surface area contributed by atoms with E-state index in [2.05, 4.69) is 131 Å². The Morgan fingerprint density at radius 1 is 0.514 bits per heavy atom. The second kappa shape index (κ2) is 7.08. The van der Waals surface area contributed by atoms with Gasteiger partial charge < -0.3 is 9.13 Å². The number of thiophene rings is 1. The van der Waals surface area contributed by atoms with Crippen molar-refractivity contribution in [3.63, 3.8) is 0 Å². The van der Waals surface area contributed by atoms with Crippen molar-refractivity contribution in [2.24, 2.45) is 0 Å². The van der Waals surface area contributed by atoms with Crippen LogP contribution in [-0.4, -0.2) is 9.13 Å². The first-order valence-electron chi connectivity index (χ1n) is 11.9. The van der Waals surface area contributed by atoms with Crippen LogP contribution in [0.1, 0.15) is 0 Å². The molecule has 0 amide bonds. The van der Waals surface area contributed by atoms with Crippen LogP contribution >= 0.6 is 11.3 Å². The van der Waals surface area contributed by atoms with E-state index < -0.39 is 0 Å². The molecule has 0 spiro atoms. The zero-order chi connectivity index (χ0) is 22.9. The number of hydrogen-bond acceptors (Lipinski definition) is 1. The highest BCUT2D eigenvalue weighted by Gasteiger charge is 2.19. The molecule has 35 heavy (non-hydrogen) atoms. The highest BCUT2D eigenvalue weighted by Crippen LogP contribution is 2.42. The van der Waals surface area contributed by atoms with Crippen LogP contribution in [0.3, 0.4) is 0 Å². The van der Waals surface area contributed by atoms with Gasteiger partial charge in [-0.1, -0.05) is 78.9 Å². The number of hydrogen-bond donors (Lipinski definition) is 0. The summed E-state index contributed by atoms with van der Waals surface area (Å²) >= 11 is 1.88. The first-order valence-corrected chi connectivity index (χ1v) is 12.7. The first kappa shape index (κ1) is 19.0. The first-order chi connectivity index (χ1) is 17.4. The molecule has 0 bridgehead atoms. The minimum Gasteiger partial charge on any atom is -0.315 e. The van der Waals surface area contributed by atoms with Crippen molar-refractivity contribution in [3.8, 4) is 11.4 Å². The molecule has 8 rings (SSSR count). The Kier molecular flexibility index (Phi) is 3.85. The van der Waals surface area contributed by atoms with E-state index in [-0.39, 0.29) is 0 Å². The molecular formula is C32H20N2S. The predicted molar refractivity (Wildman–Crippen MR) is 151 cm³/mol. The molecule has 2 nitrogen and oxygen atoms in total. The zero-order valence-corrected chi connectivity index (χ0v) is 19.7. The zero-order valence-electron chi connectivity index (χ0n) is 18.8. The summed E-state index contributed by atoms with van der Waals surface area (Å²) in [5, 5.41) is 6.45. The van der Waals surface area contributed by atoms with Gasteiger partial charge in [0.25, 0.3) is 0 Å². The molecule has 3 heterocycles. The molecule has 0 fully saturated rings. The Bertz CT molecular complexity index is 2050. The van der Waals surface area contributed by atoms with Gasteiger partial charge in [-0.2, -0.15) is 0 Å². The van der Waals surface area contributed by atoms with Crippen LogP contribution in [0, 0.1) is 0 Å². The Morgan fingerprint density at radius 2 is 1.29 bits per heavy atom. The number of rotatable bonds is 2. The Morgan fingerprint density at radius 3 is 2.20 bits per heavy atom. The van der Waals surface area contributed by atoms with E-state index in [4.69, 9.17) is 0 Å². The highest BCUT2D eigenvalue weighted by atomic mass is 32.1. The monoisotopic (exact) mass is 464 g/mol. The fraction of sp³-hybridized carbons (Fsp3) is 0. The maximum absolute atomic E-state index is 2.49. The summed E-state index contributed by atoms with van der Waals surface area (Å²) in [6, 6.07) is 41.7. The van der Waals surface area contributed by atoms with Crippen molar-refractivity contribution in [1.82, 2.24) is 9.13 Å². The minimum absolute atomic E-state index is 1.17. The van der Waals surface area contributed by atoms with E-state index in [1.165, 1.54) is 64.3 Å². The van der Waals surface area contributed by atoms with Gasteiger partial charge in [-0.05, 0) is 36.4 Å². The van der Waals surface area contributed by atoms with Crippen molar-refractivity contribution in [2.75, 3.05) is 0 Å². The van der Waals surface area contributed by atoms with Crippen molar-refractivity contribution in [1.29, 1.82) is 0 Å². The van der Waals surface area contributed by atoms with Crippen LogP contribution in [0.15, 0.2) is 121 Å². The van der Waals surface area contributed by atoms with Gasteiger partial charge in [0.1, 0.15) is 0 Å². The molecule has 3 aromatic heterocycles. The fourth-order valence-corrected chi connectivity index (χ4v) is 6.84. The smallest absolute Gasteiger partial charge is 0.0788 e. The van der Waals surface area contributed by atoms with Crippen molar-refractivity contribution >= 4 is 64.2 Å². The molecule has 164 valence electrons. The standard InChI is InChI=1S/C32H20N2S/c1-2-9-22(10-3-1)33-20-19-21-17-18-25-23-11-4-6-14-27(23)34(31(25)30(21)33)28-15-8-13-26-24-12-5-7-16-29(24)35-32(26)28/h1-20H. The summed E-state index contributed by atoms with van der Waals surface area (Å²) in [6.07, 6.45) is 2.20. The van der Waals surface area contributed by atoms with E-state index in [1.807, 2.05) is 11.3 Å². The van der Waals surface area contributed by atoms with E-state index in [9.17, 15) is 0 Å². The quantitative estimate of drug-likeness (QED) is 0.241. The van der Waals surface area contributed by atoms with Crippen LogP contribution in [-0.2, 0) is 0 Å². The van der Waals surface area contributed by atoms with Crippen molar-refractivity contribution < 1.29 is 0 Å². The molecule has 3 heteroatoms. The van der Waals surface area contributed by atoms with Gasteiger partial charge in [0.05, 0.1) is 26.9 Å². The number of aromatic nitrogens is 2. The lowest BCUT2D eigenvalue weighted by atomic mass is 10.1. The van der Waals surface area contributed by atoms with Gasteiger partial charge in [-0.3, -0.25) is 0 Å². The van der Waals surface area contributed by atoms with E-state index >= 15 is 0 Å². The second-order valence-electron chi connectivity index (χ2n) is 9.03. The van der Waals surface area contributed by atoms with Gasteiger partial charge >= 0.3 is 0 Å². The summed E-state index contributed by atoms with van der Waals surface area (Å²) in [7, 11) is 0. The molecule has 0 N–H and O–H groups in total. The lowest BCUT2D eigenvalue weighted by molar-refractivity contribution is 1.12. The molecule has 8 aromatic rings. The number of fused-ring (bicyclic) bond motifs is 8. The third kappa shape index (κ3) is 2.59. The minimum atomic E-state index is 1.17. The summed E-state index contributed by atoms with van der Waals surface area (Å²) in [5.74, 6) is 0. The average molecular weight is 465 g/mol. The van der Waals surface area contributed by atoms with Crippen molar-refractivity contribution in [2.45, 2.75) is 0 Å². The van der Waals surface area contributed by atoms with Crippen LogP contribution in [0.25, 0.3) is 64.3 Å². The molecule has 0 unspecified atom stereocenters. The summed E-state index contributed by atoms with van der Waals surface area (Å²) in [4.78, 5) is 0. The number of benzene rings is 5. The molecule has 0 saturated heterocycles. The van der Waals surface area contributed by atoms with Gasteiger partial charge in [0.2, 0.25) is 0 Å². The van der Waals surface area contributed by atoms with E-state index in [0.29, 0.717) is 0 Å². The number of para-hydroxylation sites is 2. The third-order valence-corrected chi connectivity index (χ3v) is 8.35. The molecule has 0 aliphatic carbocycles. The van der Waals surface area contributed by atoms with E-state index in [1.54, 1.807) is 0 Å². The van der Waals surface area contributed by atoms with Crippen molar-refractivity contribution in [3.05, 3.63) is 121 Å². The molecule has 0 aliphatic heterocycles. The lowest BCUT2D eigenvalue weighted by Gasteiger charge is -2.12. The number of nitrogens with zero attached hydrogens (tertiary/aromatic N) is 2. The molecule has 0 aliphatic rings. The van der Waals surface area contributed by atoms with Gasteiger partial charge in [-0.15, -0.1) is 11.3 Å². The van der Waals surface area contributed by atoms with Crippen LogP contribution in [0.5, 0.6) is 0 Å². The fourth-order valence-electron chi connectivity index (χ4n) is 5.64. The maximum atomic E-state index is 2.49. The molecular weight excluding hydrogens is 444 g/mol. The SMILES string of the molecule is c1ccc(-n2ccc3ccc4c5ccccc5n(-c5cccc6c5sc5ccccc56)c4c32)cc1. The Hall–Kier alpha value is -4.34. The molecule has 0 atom stereocenters. The summed E-state index contributed by atoms with van der Waals surface area (Å²) < 4.78 is 7.47. The topological polar surface area (TPSA) is 9.86 Å². The average Bonchev–Trinajstić information content (AvgIpc) is 3.60. The van der Waals surface area contributed by atoms with Gasteiger partial charge in [-0.25, -0.2) is 0 Å². The van der Waals surface area contributed by atoms with Crippen LogP contribution in [0.4, 0.5) is 0 Å². The Balaban J connectivity index is 1.60. The largest absolute Gasteiger partial charge is 0.315 e.